The molecule has 0 radical (unpaired) electrons. The normalized spacial score (nSPS) is 26.8. The molecule has 4 bridgehead atoms. The van der Waals surface area contributed by atoms with Gasteiger partial charge < -0.3 is 0 Å². The number of benzene rings is 2. The molecule has 0 aromatic heterocycles. The number of hydrogen-bond donors (Lipinski definition) is 2. The zero-order valence-electron chi connectivity index (χ0n) is 21.0. The van der Waals surface area contributed by atoms with Gasteiger partial charge in [0.15, 0.2) is 0 Å². The van der Waals surface area contributed by atoms with Crippen molar-refractivity contribution in [2.45, 2.75) is 38.5 Å². The Morgan fingerprint density at radius 3 is 1.57 bits per heavy atom. The molecule has 6 rings (SSSR count). The van der Waals surface area contributed by atoms with Crippen molar-refractivity contribution in [3.05, 3.63) is 77.8 Å². The zero-order valence-corrected chi connectivity index (χ0v) is 22.5. The van der Waals surface area contributed by atoms with Crippen molar-refractivity contribution in [3.63, 3.8) is 0 Å². The molecule has 4 aliphatic rings. The van der Waals surface area contributed by atoms with Crippen LogP contribution < -0.4 is 10.9 Å². The van der Waals surface area contributed by atoms with Crippen LogP contribution in [0.4, 0.5) is 11.4 Å². The van der Waals surface area contributed by atoms with Crippen LogP contribution in [0.15, 0.2) is 46.6 Å². The highest BCUT2D eigenvalue weighted by atomic mass is 35.5. The number of hydrogen-bond acceptors (Lipinski definition) is 8. The summed E-state index contributed by atoms with van der Waals surface area (Å²) >= 11 is 11.7. The summed E-state index contributed by atoms with van der Waals surface area (Å²) < 4.78 is 0. The number of amides is 2. The Hall–Kier alpha value is -3.90. The zero-order chi connectivity index (χ0) is 28.7. The molecule has 2 aromatic rings. The number of halogens is 2. The average Bonchev–Trinajstić information content (AvgIpc) is 2.89. The molecule has 0 saturated heterocycles. The lowest BCUT2D eigenvalue weighted by molar-refractivity contribution is -0.384. The molecule has 4 fully saturated rings. The minimum absolute atomic E-state index is 0.00198. The van der Waals surface area contributed by atoms with Crippen LogP contribution in [0.3, 0.4) is 0 Å². The fourth-order valence-corrected chi connectivity index (χ4v) is 7.23. The highest BCUT2D eigenvalue weighted by molar-refractivity contribution is 6.33. The third-order valence-corrected chi connectivity index (χ3v) is 8.76. The number of rotatable bonds is 8. The maximum absolute atomic E-state index is 13.4. The molecule has 208 valence electrons. The van der Waals surface area contributed by atoms with Crippen LogP contribution in [-0.2, 0) is 9.59 Å². The molecule has 2 amide bonds. The lowest BCUT2D eigenvalue weighted by Gasteiger charge is -2.60. The van der Waals surface area contributed by atoms with E-state index in [4.69, 9.17) is 23.2 Å². The van der Waals surface area contributed by atoms with Gasteiger partial charge in [-0.3, -0.25) is 29.8 Å². The predicted octanol–water partition coefficient (Wildman–Crippen LogP) is 5.00. The Labute approximate surface area is 238 Å². The Bertz CT molecular complexity index is 1360. The number of nitro benzene ring substituents is 2. The lowest BCUT2D eigenvalue weighted by atomic mass is 9.43. The van der Waals surface area contributed by atoms with E-state index in [0.29, 0.717) is 43.2 Å². The molecule has 4 saturated carbocycles. The third-order valence-electron chi connectivity index (χ3n) is 8.12. The monoisotopic (exact) mass is 586 g/mol. The lowest BCUT2D eigenvalue weighted by Crippen LogP contribution is -2.60. The SMILES string of the molecule is O=C(N/N=C/c1ccc(Cl)c([N+](=O)[O-])c1)C12CC3CC(C1)CC(C(=O)N/N=C/c1ccc(Cl)c([N+](=O)[O-])c1)(C3)C2. The van der Waals surface area contributed by atoms with E-state index in [9.17, 15) is 29.8 Å². The first-order chi connectivity index (χ1) is 19.0. The first kappa shape index (κ1) is 27.7. The predicted molar refractivity (Wildman–Crippen MR) is 147 cm³/mol. The molecular formula is C26H24Cl2N6O6. The van der Waals surface area contributed by atoms with Gasteiger partial charge in [-0.2, -0.15) is 10.2 Å². The van der Waals surface area contributed by atoms with Crippen molar-refractivity contribution in [1.29, 1.82) is 0 Å². The molecule has 0 heterocycles. The van der Waals surface area contributed by atoms with E-state index in [1.54, 1.807) is 12.1 Å². The van der Waals surface area contributed by atoms with Gasteiger partial charge in [0.05, 0.1) is 33.1 Å². The summed E-state index contributed by atoms with van der Waals surface area (Å²) in [6.45, 7) is 0. The van der Waals surface area contributed by atoms with Crippen molar-refractivity contribution in [2.24, 2.45) is 32.9 Å². The fourth-order valence-electron chi connectivity index (χ4n) is 6.86. The highest BCUT2D eigenvalue weighted by Gasteiger charge is 2.63. The second-order valence-electron chi connectivity index (χ2n) is 10.9. The average molecular weight is 587 g/mol. The van der Waals surface area contributed by atoms with Crippen molar-refractivity contribution >= 4 is 58.8 Å². The van der Waals surface area contributed by atoms with Gasteiger partial charge in [0.25, 0.3) is 11.4 Å². The summed E-state index contributed by atoms with van der Waals surface area (Å²) in [5.74, 6) is -0.141. The minimum Gasteiger partial charge on any atom is -0.273 e. The number of hydrazone groups is 2. The Balaban J connectivity index is 1.28. The molecule has 0 unspecified atom stereocenters. The number of nitrogens with one attached hydrogen (secondary N) is 2. The van der Waals surface area contributed by atoms with E-state index in [2.05, 4.69) is 21.1 Å². The molecular weight excluding hydrogens is 563 g/mol. The fraction of sp³-hybridized carbons (Fsp3) is 0.385. The minimum atomic E-state index is -0.759. The van der Waals surface area contributed by atoms with E-state index < -0.39 is 20.7 Å². The van der Waals surface area contributed by atoms with Crippen LogP contribution in [0.2, 0.25) is 10.0 Å². The number of carbonyl (C=O) groups excluding carboxylic acids is 2. The van der Waals surface area contributed by atoms with Gasteiger partial charge in [-0.25, -0.2) is 10.9 Å². The van der Waals surface area contributed by atoms with Gasteiger partial charge in [0.1, 0.15) is 10.0 Å². The van der Waals surface area contributed by atoms with Crippen LogP contribution in [0.25, 0.3) is 0 Å². The number of nitro groups is 2. The Morgan fingerprint density at radius 1 is 0.800 bits per heavy atom. The molecule has 0 aliphatic heterocycles. The molecule has 4 aliphatic carbocycles. The molecule has 40 heavy (non-hydrogen) atoms. The van der Waals surface area contributed by atoms with Gasteiger partial charge in [0, 0.05) is 23.3 Å². The molecule has 0 atom stereocenters. The molecule has 2 aromatic carbocycles. The standard InChI is InChI=1S/C26H24Cl2N6O6/c27-19-3-1-15(6-21(19)33(37)38)12-29-31-23(35)25-8-17-5-18(9-25)11-26(10-17,14-25)24(36)32-30-13-16-2-4-20(28)22(7-16)34(39)40/h1-4,6-7,12-13,17-18H,5,8-11,14H2,(H,31,35)(H,32,36)/b29-12+,30-13+. The number of nitrogens with zero attached hydrogens (tertiary/aromatic N) is 4. The summed E-state index contributed by atoms with van der Waals surface area (Å²) in [5.41, 5.74) is 3.95. The van der Waals surface area contributed by atoms with Crippen molar-refractivity contribution in [1.82, 2.24) is 10.9 Å². The van der Waals surface area contributed by atoms with Crippen LogP contribution >= 0.6 is 23.2 Å². The van der Waals surface area contributed by atoms with Crippen molar-refractivity contribution in [2.75, 3.05) is 0 Å². The van der Waals surface area contributed by atoms with E-state index in [0.717, 1.165) is 6.42 Å². The summed E-state index contributed by atoms with van der Waals surface area (Å²) in [6.07, 6.45) is 6.58. The summed E-state index contributed by atoms with van der Waals surface area (Å²) in [4.78, 5) is 47.9. The first-order valence-electron chi connectivity index (χ1n) is 12.6. The number of carbonyl (C=O) groups is 2. The van der Waals surface area contributed by atoms with Gasteiger partial charge in [0.2, 0.25) is 11.8 Å². The smallest absolute Gasteiger partial charge is 0.273 e. The maximum Gasteiger partial charge on any atom is 0.288 e. The molecule has 12 nitrogen and oxygen atoms in total. The van der Waals surface area contributed by atoms with E-state index in [1.165, 1.54) is 36.7 Å². The summed E-state index contributed by atoms with van der Waals surface area (Å²) in [5, 5.41) is 30.3. The third kappa shape index (κ3) is 5.28. The second-order valence-corrected chi connectivity index (χ2v) is 11.7. The second kappa shape index (κ2) is 10.6. The summed E-state index contributed by atoms with van der Waals surface area (Å²) in [7, 11) is 0. The van der Waals surface area contributed by atoms with Gasteiger partial charge in [-0.05, 0) is 62.5 Å². The van der Waals surface area contributed by atoms with E-state index in [1.807, 2.05) is 0 Å². The highest BCUT2D eigenvalue weighted by Crippen LogP contribution is 2.65. The van der Waals surface area contributed by atoms with Crippen molar-refractivity contribution < 1.29 is 19.4 Å². The maximum atomic E-state index is 13.4. The van der Waals surface area contributed by atoms with Crippen LogP contribution in [0, 0.1) is 42.9 Å². The van der Waals surface area contributed by atoms with Crippen molar-refractivity contribution in [3.8, 4) is 0 Å². The quantitative estimate of drug-likeness (QED) is 0.250. The van der Waals surface area contributed by atoms with Crippen LogP contribution in [0.5, 0.6) is 0 Å². The van der Waals surface area contributed by atoms with E-state index >= 15 is 0 Å². The summed E-state index contributed by atoms with van der Waals surface area (Å²) in [6, 6.07) is 8.42. The van der Waals surface area contributed by atoms with Crippen LogP contribution in [0.1, 0.15) is 49.7 Å². The Kier molecular flexibility index (Phi) is 7.32. The molecule has 14 heteroatoms. The first-order valence-corrected chi connectivity index (χ1v) is 13.3. The van der Waals surface area contributed by atoms with E-state index in [-0.39, 0.29) is 45.1 Å². The van der Waals surface area contributed by atoms with Gasteiger partial charge >= 0.3 is 0 Å². The molecule has 0 spiro atoms. The van der Waals surface area contributed by atoms with Crippen LogP contribution in [-0.4, -0.2) is 34.1 Å². The largest absolute Gasteiger partial charge is 0.288 e. The van der Waals surface area contributed by atoms with Gasteiger partial charge in [-0.1, -0.05) is 35.3 Å². The van der Waals surface area contributed by atoms with Gasteiger partial charge in [-0.15, -0.1) is 0 Å². The topological polar surface area (TPSA) is 169 Å². The Morgan fingerprint density at radius 2 is 1.20 bits per heavy atom. The molecule has 2 N–H and O–H groups in total.